The van der Waals surface area contributed by atoms with E-state index in [1.165, 1.54) is 98.4 Å². The van der Waals surface area contributed by atoms with Crippen molar-refractivity contribution in [1.29, 1.82) is 0 Å². The highest BCUT2D eigenvalue weighted by molar-refractivity contribution is 6.21. The number of benzene rings is 9. The van der Waals surface area contributed by atoms with Gasteiger partial charge in [0, 0.05) is 18.4 Å². The van der Waals surface area contributed by atoms with Crippen molar-refractivity contribution >= 4 is 76.4 Å². The molecule has 0 spiro atoms. The standard InChI is InChI=1S/C53H41N.C15H14.C2H6/c1-4-5-17-36(2)50-42-20-9-11-22-44(42)52(45-23-12-10-21-43(45)50)38-28-32-40(33-29-38)54(3)41-34-30-39(31-35-41)53-48-26-15-13-24-46(48)51(37-18-7-6-8-19-37)47-25-14-16-27-49(47)53;1-13-7-3-2-4-8-14-9-5-6-10-15(14)12-11-13;1-2/h4-5,7,9-35H,1-2,6,8H2,3H3;2-12H,1H3;1-2H3/b17-5-;;. The van der Waals surface area contributed by atoms with Gasteiger partial charge in [0.05, 0.1) is 0 Å². The van der Waals surface area contributed by atoms with Crippen LogP contribution in [0.1, 0.15) is 43.4 Å². The topological polar surface area (TPSA) is 3.24 Å². The fraction of sp³-hybridized carbons (Fsp3) is 0.0857. The van der Waals surface area contributed by atoms with Crippen molar-refractivity contribution in [1.82, 2.24) is 0 Å². The number of allylic oxidation sites excluding steroid dienone is 8. The molecule has 0 radical (unpaired) electrons. The average molecular weight is 916 g/mol. The summed E-state index contributed by atoms with van der Waals surface area (Å²) in [6, 6.07) is 76.4. The van der Waals surface area contributed by atoms with E-state index in [0.717, 1.165) is 29.8 Å². The molecule has 1 heteroatoms. The fourth-order valence-corrected chi connectivity index (χ4v) is 9.98. The number of fused-ring (bicyclic) bond motifs is 5. The molecule has 71 heavy (non-hydrogen) atoms. The number of aryl methyl sites for hydroxylation is 1. The van der Waals surface area contributed by atoms with Crippen molar-refractivity contribution in [3.05, 3.63) is 279 Å². The van der Waals surface area contributed by atoms with Gasteiger partial charge in [0.2, 0.25) is 0 Å². The van der Waals surface area contributed by atoms with Crippen LogP contribution in [0.4, 0.5) is 11.4 Å². The lowest BCUT2D eigenvalue weighted by atomic mass is 9.85. The van der Waals surface area contributed by atoms with Crippen LogP contribution < -0.4 is 4.90 Å². The Hall–Kier alpha value is -8.52. The van der Waals surface area contributed by atoms with Crippen LogP contribution in [0.25, 0.3) is 87.3 Å². The molecule has 0 bridgehead atoms. The van der Waals surface area contributed by atoms with Crippen LogP contribution in [0.2, 0.25) is 0 Å². The number of nitrogens with zero attached hydrogens (tertiary/aromatic N) is 1. The zero-order valence-corrected chi connectivity index (χ0v) is 41.4. The van der Waals surface area contributed by atoms with E-state index in [9.17, 15) is 0 Å². The van der Waals surface area contributed by atoms with Crippen molar-refractivity contribution in [3.63, 3.8) is 0 Å². The molecule has 0 atom stereocenters. The van der Waals surface area contributed by atoms with Gasteiger partial charge in [-0.15, -0.1) is 0 Å². The maximum atomic E-state index is 4.45. The second kappa shape index (κ2) is 22.3. The van der Waals surface area contributed by atoms with E-state index < -0.39 is 0 Å². The van der Waals surface area contributed by atoms with E-state index in [1.807, 2.05) is 26.0 Å². The Balaban J connectivity index is 0.000000312. The molecule has 0 saturated heterocycles. The zero-order valence-electron chi connectivity index (χ0n) is 41.4. The smallest absolute Gasteiger partial charge is 0.0408 e. The van der Waals surface area contributed by atoms with Crippen molar-refractivity contribution < 1.29 is 0 Å². The summed E-state index contributed by atoms with van der Waals surface area (Å²) in [5, 5.41) is 12.5. The Morgan fingerprint density at radius 2 is 0.859 bits per heavy atom. The van der Waals surface area contributed by atoms with Crippen LogP contribution in [0, 0.1) is 6.92 Å². The van der Waals surface area contributed by atoms with Gasteiger partial charge >= 0.3 is 0 Å². The van der Waals surface area contributed by atoms with Crippen LogP contribution in [-0.2, 0) is 0 Å². The quantitative estimate of drug-likeness (QED) is 0.108. The molecule has 10 aromatic carbocycles. The normalized spacial score (nSPS) is 11.9. The highest BCUT2D eigenvalue weighted by Gasteiger charge is 2.19. The second-order valence-corrected chi connectivity index (χ2v) is 17.7. The molecule has 0 aromatic heterocycles. The highest BCUT2D eigenvalue weighted by atomic mass is 15.1. The lowest BCUT2D eigenvalue weighted by Crippen LogP contribution is -2.09. The van der Waals surface area contributed by atoms with Gasteiger partial charge in [0.25, 0.3) is 0 Å². The maximum absolute atomic E-state index is 4.45. The van der Waals surface area contributed by atoms with Crippen molar-refractivity contribution in [2.24, 2.45) is 0 Å². The van der Waals surface area contributed by atoms with E-state index in [1.54, 1.807) is 6.08 Å². The predicted molar refractivity (Wildman–Crippen MR) is 314 cm³/mol. The molecule has 0 unspecified atom stereocenters. The Morgan fingerprint density at radius 1 is 0.451 bits per heavy atom. The molecule has 10 aromatic rings. The van der Waals surface area contributed by atoms with Crippen molar-refractivity contribution in [3.8, 4) is 22.3 Å². The third-order valence-corrected chi connectivity index (χ3v) is 13.4. The minimum Gasteiger partial charge on any atom is -0.345 e. The minimum atomic E-state index is 0.977. The fourth-order valence-electron chi connectivity index (χ4n) is 9.98. The molecule has 0 fully saturated rings. The highest BCUT2D eigenvalue weighted by Crippen LogP contribution is 2.45. The molecule has 1 aliphatic rings. The maximum Gasteiger partial charge on any atom is 0.0408 e. The lowest BCUT2D eigenvalue weighted by molar-refractivity contribution is 1.04. The first-order chi connectivity index (χ1) is 35.0. The first kappa shape index (κ1) is 47.5. The summed E-state index contributed by atoms with van der Waals surface area (Å²) >= 11 is 0. The van der Waals surface area contributed by atoms with Crippen molar-refractivity contribution in [2.45, 2.75) is 33.6 Å². The van der Waals surface area contributed by atoms with Gasteiger partial charge in [-0.3, -0.25) is 0 Å². The predicted octanol–water partition coefficient (Wildman–Crippen LogP) is 20.2. The Morgan fingerprint density at radius 3 is 1.32 bits per heavy atom. The molecular formula is C70H61N. The largest absolute Gasteiger partial charge is 0.345 e. The van der Waals surface area contributed by atoms with Crippen LogP contribution >= 0.6 is 0 Å². The molecule has 1 aliphatic carbocycles. The number of rotatable bonds is 8. The molecule has 1 nitrogen and oxygen atoms in total. The summed E-state index contributed by atoms with van der Waals surface area (Å²) in [4.78, 5) is 2.27. The van der Waals surface area contributed by atoms with Crippen molar-refractivity contribution in [2.75, 3.05) is 11.9 Å². The van der Waals surface area contributed by atoms with Gasteiger partial charge in [-0.25, -0.2) is 0 Å². The third-order valence-electron chi connectivity index (χ3n) is 13.4. The summed E-state index contributed by atoms with van der Waals surface area (Å²) in [5.41, 5.74) is 13.3. The lowest BCUT2D eigenvalue weighted by Gasteiger charge is -2.22. The molecule has 346 valence electrons. The summed E-state index contributed by atoms with van der Waals surface area (Å²) in [5.74, 6) is 0. The summed E-state index contributed by atoms with van der Waals surface area (Å²) in [6.45, 7) is 14.4. The van der Waals surface area contributed by atoms with Crippen LogP contribution in [0.5, 0.6) is 0 Å². The molecule has 0 amide bonds. The number of anilines is 2. The number of hydrogen-bond donors (Lipinski definition) is 0. The molecule has 0 saturated carbocycles. The number of hydrogen-bond acceptors (Lipinski definition) is 1. The molecule has 0 heterocycles. The third kappa shape index (κ3) is 10.0. The Kier molecular flexibility index (Phi) is 14.9. The van der Waals surface area contributed by atoms with E-state index in [4.69, 9.17) is 0 Å². The minimum absolute atomic E-state index is 0.977. The molecule has 0 N–H and O–H groups in total. The first-order valence-corrected chi connectivity index (χ1v) is 24.9. The summed E-state index contributed by atoms with van der Waals surface area (Å²) in [6.07, 6.45) is 15.0. The first-order valence-electron chi connectivity index (χ1n) is 24.9. The van der Waals surface area contributed by atoms with E-state index in [2.05, 4.69) is 263 Å². The zero-order chi connectivity index (χ0) is 49.1. The summed E-state index contributed by atoms with van der Waals surface area (Å²) < 4.78 is 0. The van der Waals surface area contributed by atoms with E-state index >= 15 is 0 Å². The van der Waals surface area contributed by atoms with Gasteiger partial charge in [-0.2, -0.15) is 0 Å². The van der Waals surface area contributed by atoms with E-state index in [0.29, 0.717) is 0 Å². The monoisotopic (exact) mass is 915 g/mol. The average Bonchev–Trinajstić information content (AvgIpc) is 3.43. The van der Waals surface area contributed by atoms with Crippen LogP contribution in [0.3, 0.4) is 0 Å². The van der Waals surface area contributed by atoms with E-state index in [-0.39, 0.29) is 0 Å². The molecule has 0 aliphatic heterocycles. The van der Waals surface area contributed by atoms with Crippen LogP contribution in [-0.4, -0.2) is 7.05 Å². The SMILES string of the molecule is C=C/C=C\C(=C)c1c2ccccc2c(-c2ccc(N(C)c3ccc(-c4c5ccccc5c(C5=CCCC=C5)c5ccccc45)cc3)cc2)c2ccccc12.CC.Cc1cccccc2ccccc2cc1. The van der Waals surface area contributed by atoms with Gasteiger partial charge in [0.1, 0.15) is 0 Å². The van der Waals surface area contributed by atoms with Gasteiger partial charge in [-0.1, -0.05) is 257 Å². The van der Waals surface area contributed by atoms with Gasteiger partial charge < -0.3 is 4.90 Å². The van der Waals surface area contributed by atoms with Gasteiger partial charge in [-0.05, 0) is 142 Å². The van der Waals surface area contributed by atoms with Gasteiger partial charge in [0.15, 0.2) is 0 Å². The molecule has 11 rings (SSSR count). The Bertz CT molecular complexity index is 3600. The second-order valence-electron chi connectivity index (χ2n) is 17.7. The van der Waals surface area contributed by atoms with Crippen LogP contribution in [0.15, 0.2) is 262 Å². The Labute approximate surface area is 420 Å². The summed E-state index contributed by atoms with van der Waals surface area (Å²) in [7, 11) is 2.15. The molecular weight excluding hydrogens is 855 g/mol.